The van der Waals surface area contributed by atoms with Gasteiger partial charge in [0.2, 0.25) is 0 Å². The highest BCUT2D eigenvalue weighted by Gasteiger charge is 2.32. The lowest BCUT2D eigenvalue weighted by Crippen LogP contribution is -2.25. The zero-order valence-corrected chi connectivity index (χ0v) is 13.0. The average Bonchev–Trinajstić information content (AvgIpc) is 2.67. The van der Waals surface area contributed by atoms with Crippen LogP contribution < -0.4 is 16.6 Å². The van der Waals surface area contributed by atoms with Gasteiger partial charge >= 0.3 is 0 Å². The molecule has 3 N–H and O–H groups in total. The first-order valence-corrected chi connectivity index (χ1v) is 7.04. The van der Waals surface area contributed by atoms with Crippen molar-refractivity contribution in [3.63, 3.8) is 0 Å². The SMILES string of the molecule is Nc1c2c(cc(=O)n1-c1c(F)cc(Br)cc1Cl)C(=O)NC2=O. The average molecular weight is 387 g/mol. The predicted octanol–water partition coefficient (Wildman–Crippen LogP) is 1.86. The molecular weight excluding hydrogens is 381 g/mol. The van der Waals surface area contributed by atoms with Gasteiger partial charge in [0, 0.05) is 10.5 Å². The van der Waals surface area contributed by atoms with E-state index in [1.807, 2.05) is 5.32 Å². The van der Waals surface area contributed by atoms with Crippen molar-refractivity contribution in [2.24, 2.45) is 0 Å². The molecule has 112 valence electrons. The van der Waals surface area contributed by atoms with Gasteiger partial charge in [0.25, 0.3) is 17.4 Å². The summed E-state index contributed by atoms with van der Waals surface area (Å²) in [6.07, 6.45) is 0. The Kier molecular flexibility index (Phi) is 3.30. The molecule has 0 spiro atoms. The molecule has 0 unspecified atom stereocenters. The lowest BCUT2D eigenvalue weighted by Gasteiger charge is -2.14. The van der Waals surface area contributed by atoms with Gasteiger partial charge in [-0.15, -0.1) is 0 Å². The van der Waals surface area contributed by atoms with E-state index in [0.717, 1.165) is 16.7 Å². The molecule has 0 saturated heterocycles. The molecule has 1 aromatic heterocycles. The van der Waals surface area contributed by atoms with Gasteiger partial charge in [0.05, 0.1) is 16.1 Å². The van der Waals surface area contributed by atoms with Crippen molar-refractivity contribution in [3.8, 4) is 5.69 Å². The molecule has 2 amide bonds. The van der Waals surface area contributed by atoms with Gasteiger partial charge in [0.1, 0.15) is 17.3 Å². The van der Waals surface area contributed by atoms with Gasteiger partial charge in [-0.2, -0.15) is 0 Å². The highest BCUT2D eigenvalue weighted by atomic mass is 79.9. The third-order valence-electron chi connectivity index (χ3n) is 3.16. The number of nitrogen functional groups attached to an aromatic ring is 1. The van der Waals surface area contributed by atoms with Crippen molar-refractivity contribution in [1.82, 2.24) is 9.88 Å². The van der Waals surface area contributed by atoms with E-state index >= 15 is 0 Å². The van der Waals surface area contributed by atoms with E-state index in [0.29, 0.717) is 4.47 Å². The fraction of sp³-hybridized carbons (Fsp3) is 0. The first-order valence-electron chi connectivity index (χ1n) is 5.87. The lowest BCUT2D eigenvalue weighted by molar-refractivity contribution is 0.0880. The van der Waals surface area contributed by atoms with E-state index in [9.17, 15) is 18.8 Å². The number of fused-ring (bicyclic) bond motifs is 1. The molecule has 0 atom stereocenters. The smallest absolute Gasteiger partial charge is 0.262 e. The molecule has 9 heteroatoms. The number of nitrogens with two attached hydrogens (primary N) is 1. The zero-order valence-electron chi connectivity index (χ0n) is 10.6. The summed E-state index contributed by atoms with van der Waals surface area (Å²) >= 11 is 9.05. The van der Waals surface area contributed by atoms with Crippen molar-refractivity contribution in [2.75, 3.05) is 5.73 Å². The molecule has 0 saturated carbocycles. The van der Waals surface area contributed by atoms with Crippen LogP contribution in [0.15, 0.2) is 27.5 Å². The monoisotopic (exact) mass is 385 g/mol. The highest BCUT2D eigenvalue weighted by molar-refractivity contribution is 9.10. The molecule has 1 aliphatic rings. The van der Waals surface area contributed by atoms with Crippen LogP contribution in [0.5, 0.6) is 0 Å². The first kappa shape index (κ1) is 14.7. The quantitative estimate of drug-likeness (QED) is 0.732. The second kappa shape index (κ2) is 4.92. The Morgan fingerprint density at radius 3 is 2.50 bits per heavy atom. The maximum Gasteiger partial charge on any atom is 0.262 e. The van der Waals surface area contributed by atoms with Crippen molar-refractivity contribution in [2.45, 2.75) is 0 Å². The molecule has 0 bridgehead atoms. The summed E-state index contributed by atoms with van der Waals surface area (Å²) in [4.78, 5) is 35.5. The predicted molar refractivity (Wildman–Crippen MR) is 80.9 cm³/mol. The van der Waals surface area contributed by atoms with E-state index < -0.39 is 23.2 Å². The molecule has 3 rings (SSSR count). The maximum absolute atomic E-state index is 14.2. The van der Waals surface area contributed by atoms with E-state index in [4.69, 9.17) is 17.3 Å². The van der Waals surface area contributed by atoms with Gasteiger partial charge in [-0.25, -0.2) is 4.39 Å². The minimum Gasteiger partial charge on any atom is -0.384 e. The molecule has 2 heterocycles. The van der Waals surface area contributed by atoms with Crippen LogP contribution in [0, 0.1) is 5.82 Å². The van der Waals surface area contributed by atoms with Crippen LogP contribution >= 0.6 is 27.5 Å². The van der Waals surface area contributed by atoms with Gasteiger partial charge in [0.15, 0.2) is 0 Å². The lowest BCUT2D eigenvalue weighted by atomic mass is 10.1. The van der Waals surface area contributed by atoms with Crippen LogP contribution in [0.3, 0.4) is 0 Å². The Labute approximate surface area is 135 Å². The Hall–Kier alpha value is -2.19. The van der Waals surface area contributed by atoms with Crippen molar-refractivity contribution < 1.29 is 14.0 Å². The van der Waals surface area contributed by atoms with E-state index in [-0.39, 0.29) is 27.7 Å². The standard InChI is InChI=1S/C13H6BrClFN3O3/c14-4-1-6(15)10(7(16)2-4)19-8(20)3-5-9(11(19)17)13(22)18-12(5)21/h1-3H,17H2,(H,18,21,22). The summed E-state index contributed by atoms with van der Waals surface area (Å²) in [5.41, 5.74) is 4.43. The van der Waals surface area contributed by atoms with Crippen LogP contribution in [0.4, 0.5) is 10.2 Å². The minimum absolute atomic E-state index is 0.0784. The number of carbonyl (C=O) groups is 2. The summed E-state index contributed by atoms with van der Waals surface area (Å²) < 4.78 is 15.3. The number of aromatic nitrogens is 1. The number of carbonyl (C=O) groups excluding carboxylic acids is 2. The molecule has 0 aliphatic carbocycles. The molecule has 0 fully saturated rings. The fourth-order valence-electron chi connectivity index (χ4n) is 2.26. The number of pyridine rings is 1. The highest BCUT2D eigenvalue weighted by Crippen LogP contribution is 2.30. The Morgan fingerprint density at radius 1 is 1.18 bits per heavy atom. The second-order valence-electron chi connectivity index (χ2n) is 4.49. The van der Waals surface area contributed by atoms with Gasteiger partial charge in [-0.1, -0.05) is 27.5 Å². The number of halogens is 3. The van der Waals surface area contributed by atoms with E-state index in [1.54, 1.807) is 0 Å². The first-order chi connectivity index (χ1) is 10.3. The number of amides is 2. The van der Waals surface area contributed by atoms with E-state index in [1.165, 1.54) is 6.07 Å². The van der Waals surface area contributed by atoms with Crippen LogP contribution in [0.25, 0.3) is 5.69 Å². The zero-order chi connectivity index (χ0) is 16.2. The molecule has 22 heavy (non-hydrogen) atoms. The largest absolute Gasteiger partial charge is 0.384 e. The van der Waals surface area contributed by atoms with Crippen molar-refractivity contribution in [3.05, 3.63) is 55.0 Å². The molecule has 0 radical (unpaired) electrons. The van der Waals surface area contributed by atoms with E-state index in [2.05, 4.69) is 15.9 Å². The third kappa shape index (κ3) is 2.03. The Bertz CT molecular complexity index is 902. The third-order valence-corrected chi connectivity index (χ3v) is 3.90. The van der Waals surface area contributed by atoms with Gasteiger partial charge < -0.3 is 5.73 Å². The molecule has 2 aromatic rings. The number of anilines is 1. The number of hydrogen-bond donors (Lipinski definition) is 2. The summed E-state index contributed by atoms with van der Waals surface area (Å²) in [5.74, 6) is -2.63. The van der Waals surface area contributed by atoms with Gasteiger partial charge in [-0.05, 0) is 12.1 Å². The molecule has 6 nitrogen and oxygen atoms in total. The van der Waals surface area contributed by atoms with Gasteiger partial charge in [-0.3, -0.25) is 24.3 Å². The van der Waals surface area contributed by atoms with Crippen molar-refractivity contribution in [1.29, 1.82) is 0 Å². The number of nitrogens with one attached hydrogen (secondary N) is 1. The maximum atomic E-state index is 14.2. The summed E-state index contributed by atoms with van der Waals surface area (Å²) in [6, 6.07) is 3.40. The number of benzene rings is 1. The Balaban J connectivity index is 2.40. The van der Waals surface area contributed by atoms with Crippen LogP contribution in [0.1, 0.15) is 20.7 Å². The molecule has 1 aliphatic heterocycles. The van der Waals surface area contributed by atoms with Crippen LogP contribution in [-0.2, 0) is 0 Å². The number of hydrogen-bond acceptors (Lipinski definition) is 4. The summed E-state index contributed by atoms with van der Waals surface area (Å²) in [7, 11) is 0. The fourth-order valence-corrected chi connectivity index (χ4v) is 3.11. The normalized spacial score (nSPS) is 13.2. The number of imide groups is 1. The Morgan fingerprint density at radius 2 is 1.86 bits per heavy atom. The summed E-state index contributed by atoms with van der Waals surface area (Å²) in [6.45, 7) is 0. The number of rotatable bonds is 1. The number of nitrogens with zero attached hydrogens (tertiary/aromatic N) is 1. The second-order valence-corrected chi connectivity index (χ2v) is 5.82. The van der Waals surface area contributed by atoms with Crippen molar-refractivity contribution >= 4 is 45.2 Å². The van der Waals surface area contributed by atoms with Crippen LogP contribution in [-0.4, -0.2) is 16.4 Å². The molecule has 1 aromatic carbocycles. The molecular formula is C13H6BrClFN3O3. The van der Waals surface area contributed by atoms with Crippen LogP contribution in [0.2, 0.25) is 5.02 Å². The summed E-state index contributed by atoms with van der Waals surface area (Å²) in [5, 5.41) is 1.94. The topological polar surface area (TPSA) is 94.2 Å². The minimum atomic E-state index is -0.808.